The van der Waals surface area contributed by atoms with Gasteiger partial charge in [0.25, 0.3) is 0 Å². The fourth-order valence-electron chi connectivity index (χ4n) is 0.580. The van der Waals surface area contributed by atoms with Crippen LogP contribution in [0.2, 0.25) is 0 Å². The number of likely N-dealkylation sites (N-methyl/N-ethyl adjacent to an activating group) is 1. The number of rotatable bonds is 5. The van der Waals surface area contributed by atoms with Crippen molar-refractivity contribution in [3.63, 3.8) is 0 Å². The Morgan fingerprint density at radius 1 is 1.43 bits per heavy atom. The molecule has 14 heavy (non-hydrogen) atoms. The first kappa shape index (κ1) is 16.3. The van der Waals surface area contributed by atoms with Gasteiger partial charge in [0.05, 0.1) is 6.54 Å². The van der Waals surface area contributed by atoms with E-state index in [9.17, 15) is 18.0 Å². The zero-order chi connectivity index (χ0) is 10.3. The Balaban J connectivity index is 0. The van der Waals surface area contributed by atoms with Gasteiger partial charge >= 0.3 is 5.51 Å². The molecular formula is C6H12ClF3N2OS. The van der Waals surface area contributed by atoms with E-state index in [0.29, 0.717) is 0 Å². The lowest BCUT2D eigenvalue weighted by atomic mass is 10.5. The smallest absolute Gasteiger partial charge is 0.354 e. The van der Waals surface area contributed by atoms with Crippen molar-refractivity contribution < 1.29 is 18.0 Å². The number of carbonyl (C=O) groups excluding carboxylic acids is 1. The van der Waals surface area contributed by atoms with Crippen LogP contribution in [0, 0.1) is 0 Å². The van der Waals surface area contributed by atoms with E-state index < -0.39 is 5.51 Å². The van der Waals surface area contributed by atoms with Crippen LogP contribution in [0.25, 0.3) is 0 Å². The lowest BCUT2D eigenvalue weighted by molar-refractivity contribution is -0.120. The Kier molecular flexibility index (Phi) is 9.53. The highest BCUT2D eigenvalue weighted by molar-refractivity contribution is 8.00. The van der Waals surface area contributed by atoms with Crippen molar-refractivity contribution in [2.24, 2.45) is 0 Å². The SMILES string of the molecule is CNCC(=O)NCCSC(F)(F)F.Cl. The first-order valence-electron chi connectivity index (χ1n) is 3.57. The van der Waals surface area contributed by atoms with Gasteiger partial charge in [0, 0.05) is 12.3 Å². The quantitative estimate of drug-likeness (QED) is 0.718. The molecule has 0 spiro atoms. The van der Waals surface area contributed by atoms with Crippen molar-refractivity contribution in [1.29, 1.82) is 0 Å². The molecule has 0 radical (unpaired) electrons. The maximum Gasteiger partial charge on any atom is 0.441 e. The molecule has 3 nitrogen and oxygen atoms in total. The van der Waals surface area contributed by atoms with E-state index in [1.165, 1.54) is 0 Å². The highest BCUT2D eigenvalue weighted by Crippen LogP contribution is 2.29. The average Bonchev–Trinajstić information content (AvgIpc) is 1.97. The second-order valence-electron chi connectivity index (χ2n) is 2.17. The molecule has 0 aliphatic rings. The molecule has 0 bridgehead atoms. The molecule has 0 heterocycles. The summed E-state index contributed by atoms with van der Waals surface area (Å²) in [4.78, 5) is 10.7. The van der Waals surface area contributed by atoms with Crippen molar-refractivity contribution in [3.05, 3.63) is 0 Å². The minimum absolute atomic E-state index is 0. The van der Waals surface area contributed by atoms with E-state index >= 15 is 0 Å². The van der Waals surface area contributed by atoms with E-state index in [1.807, 2.05) is 0 Å². The van der Waals surface area contributed by atoms with Crippen molar-refractivity contribution in [2.75, 3.05) is 25.9 Å². The lowest BCUT2D eigenvalue weighted by Crippen LogP contribution is -2.33. The van der Waals surface area contributed by atoms with Crippen LogP contribution in [0.1, 0.15) is 0 Å². The van der Waals surface area contributed by atoms with Gasteiger partial charge in [-0.05, 0) is 18.8 Å². The number of thioether (sulfide) groups is 1. The van der Waals surface area contributed by atoms with Crippen LogP contribution in [0.5, 0.6) is 0 Å². The van der Waals surface area contributed by atoms with Crippen molar-refractivity contribution >= 4 is 30.1 Å². The topological polar surface area (TPSA) is 41.1 Å². The summed E-state index contributed by atoms with van der Waals surface area (Å²) >= 11 is -0.141. The monoisotopic (exact) mass is 252 g/mol. The average molecular weight is 253 g/mol. The Bertz CT molecular complexity index is 168. The molecule has 0 fully saturated rings. The third-order valence-electron chi connectivity index (χ3n) is 1.03. The number of nitrogens with one attached hydrogen (secondary N) is 2. The van der Waals surface area contributed by atoms with E-state index in [1.54, 1.807) is 7.05 Å². The summed E-state index contributed by atoms with van der Waals surface area (Å²) in [5.41, 5.74) is -4.21. The largest absolute Gasteiger partial charge is 0.441 e. The van der Waals surface area contributed by atoms with E-state index in [4.69, 9.17) is 0 Å². The molecule has 0 rings (SSSR count). The van der Waals surface area contributed by atoms with Gasteiger partial charge in [0.15, 0.2) is 0 Å². The van der Waals surface area contributed by atoms with Crippen molar-refractivity contribution in [3.8, 4) is 0 Å². The third kappa shape index (κ3) is 11.9. The third-order valence-corrected chi connectivity index (χ3v) is 1.76. The zero-order valence-corrected chi connectivity index (χ0v) is 9.11. The van der Waals surface area contributed by atoms with E-state index in [2.05, 4.69) is 10.6 Å². The summed E-state index contributed by atoms with van der Waals surface area (Å²) in [5, 5.41) is 4.92. The zero-order valence-electron chi connectivity index (χ0n) is 7.48. The fourth-order valence-corrected chi connectivity index (χ4v) is 1.02. The van der Waals surface area contributed by atoms with Crippen molar-refractivity contribution in [2.45, 2.75) is 5.51 Å². The number of halogens is 4. The number of alkyl halides is 3. The maximum absolute atomic E-state index is 11.6. The molecule has 0 saturated carbocycles. The van der Waals surface area contributed by atoms with E-state index in [-0.39, 0.29) is 48.9 Å². The first-order valence-corrected chi connectivity index (χ1v) is 4.56. The lowest BCUT2D eigenvalue weighted by Gasteiger charge is -2.06. The van der Waals surface area contributed by atoms with Crippen LogP contribution >= 0.6 is 24.2 Å². The van der Waals surface area contributed by atoms with E-state index in [0.717, 1.165) is 0 Å². The molecule has 0 aromatic carbocycles. The Labute approximate surface area is 90.6 Å². The number of hydrogen-bond donors (Lipinski definition) is 2. The number of carbonyl (C=O) groups is 1. The molecule has 8 heteroatoms. The molecule has 0 aromatic heterocycles. The molecule has 0 unspecified atom stereocenters. The van der Waals surface area contributed by atoms with Gasteiger partial charge in [0.1, 0.15) is 0 Å². The molecular weight excluding hydrogens is 241 g/mol. The normalized spacial score (nSPS) is 10.6. The van der Waals surface area contributed by atoms with Crippen LogP contribution in [0.3, 0.4) is 0 Å². The summed E-state index contributed by atoms with van der Waals surface area (Å²) in [5.74, 6) is -0.454. The van der Waals surface area contributed by atoms with Crippen molar-refractivity contribution in [1.82, 2.24) is 10.6 Å². The summed E-state index contributed by atoms with van der Waals surface area (Å²) < 4.78 is 34.7. The summed E-state index contributed by atoms with van der Waals surface area (Å²) in [6.07, 6.45) is 0. The summed E-state index contributed by atoms with van der Waals surface area (Å²) in [6, 6.07) is 0. The predicted octanol–water partition coefficient (Wildman–Crippen LogP) is 0.997. The van der Waals surface area contributed by atoms with Crippen LogP contribution in [0.4, 0.5) is 13.2 Å². The van der Waals surface area contributed by atoms with Gasteiger partial charge in [0.2, 0.25) is 5.91 Å². The Hall–Kier alpha value is -0.140. The molecule has 1 amide bonds. The molecule has 0 atom stereocenters. The van der Waals surface area contributed by atoms with Gasteiger partial charge in [-0.15, -0.1) is 12.4 Å². The van der Waals surface area contributed by atoms with Gasteiger partial charge < -0.3 is 10.6 Å². The molecule has 2 N–H and O–H groups in total. The number of hydrogen-bond acceptors (Lipinski definition) is 3. The first-order chi connectivity index (χ1) is 5.95. The van der Waals surface area contributed by atoms with Gasteiger partial charge in [-0.2, -0.15) is 13.2 Å². The predicted molar refractivity (Wildman–Crippen MR) is 52.7 cm³/mol. The molecule has 86 valence electrons. The maximum atomic E-state index is 11.6. The molecule has 0 aliphatic heterocycles. The minimum Gasteiger partial charge on any atom is -0.354 e. The summed E-state index contributed by atoms with van der Waals surface area (Å²) in [6.45, 7) is 0.154. The highest BCUT2D eigenvalue weighted by atomic mass is 35.5. The number of amides is 1. The standard InChI is InChI=1S/C6H11F3N2OS.ClH/c1-10-4-5(12)11-2-3-13-6(7,8)9;/h10H,2-4H2,1H3,(H,11,12);1H. The second-order valence-corrected chi connectivity index (χ2v) is 3.33. The second kappa shape index (κ2) is 8.19. The fraction of sp³-hybridized carbons (Fsp3) is 0.833. The minimum atomic E-state index is -4.21. The van der Waals surface area contributed by atoms with Crippen LogP contribution in [-0.2, 0) is 4.79 Å². The van der Waals surface area contributed by atoms with Gasteiger partial charge in [-0.1, -0.05) is 0 Å². The Morgan fingerprint density at radius 2 is 2.00 bits per heavy atom. The summed E-state index contributed by atoms with van der Waals surface area (Å²) in [7, 11) is 1.59. The van der Waals surface area contributed by atoms with Crippen LogP contribution in [-0.4, -0.2) is 37.3 Å². The van der Waals surface area contributed by atoms with Crippen LogP contribution < -0.4 is 10.6 Å². The van der Waals surface area contributed by atoms with Crippen LogP contribution in [0.15, 0.2) is 0 Å². The molecule has 0 aliphatic carbocycles. The molecule has 0 aromatic rings. The molecule has 0 saturated heterocycles. The van der Waals surface area contributed by atoms with Gasteiger partial charge in [-0.3, -0.25) is 4.79 Å². The van der Waals surface area contributed by atoms with Gasteiger partial charge in [-0.25, -0.2) is 0 Å². The highest BCUT2D eigenvalue weighted by Gasteiger charge is 2.27. The Morgan fingerprint density at radius 3 is 2.43 bits per heavy atom.